The molecule has 2 aromatic rings. The Morgan fingerprint density at radius 1 is 1.50 bits per heavy atom. The van der Waals surface area contributed by atoms with Gasteiger partial charge in [0.1, 0.15) is 5.76 Å². The molecular formula is C13H17N5O2. The molecule has 1 aliphatic heterocycles. The highest BCUT2D eigenvalue weighted by Crippen LogP contribution is 2.16. The van der Waals surface area contributed by atoms with Crippen molar-refractivity contribution in [2.24, 2.45) is 0 Å². The van der Waals surface area contributed by atoms with Crippen molar-refractivity contribution in [2.45, 2.75) is 25.4 Å². The molecule has 0 bridgehead atoms. The predicted molar refractivity (Wildman–Crippen MR) is 71.0 cm³/mol. The molecule has 0 radical (unpaired) electrons. The first-order chi connectivity index (χ1) is 9.83. The molecule has 20 heavy (non-hydrogen) atoms. The predicted octanol–water partition coefficient (Wildman–Crippen LogP) is 0.726. The maximum Gasteiger partial charge on any atom is 0.273 e. The number of carbonyl (C=O) groups is 1. The van der Waals surface area contributed by atoms with Crippen LogP contribution in [0.1, 0.15) is 35.1 Å². The molecule has 0 aliphatic carbocycles. The van der Waals surface area contributed by atoms with E-state index in [2.05, 4.69) is 20.9 Å². The Morgan fingerprint density at radius 2 is 2.35 bits per heavy atom. The number of nitrogens with one attached hydrogen (secondary N) is 2. The summed E-state index contributed by atoms with van der Waals surface area (Å²) in [4.78, 5) is 12.0. The summed E-state index contributed by atoms with van der Waals surface area (Å²) in [5.41, 5.74) is 0.343. The third kappa shape index (κ3) is 2.88. The number of amides is 1. The number of furan rings is 1. The maximum absolute atomic E-state index is 12.0. The highest BCUT2D eigenvalue weighted by atomic mass is 16.3. The summed E-state index contributed by atoms with van der Waals surface area (Å²) >= 11 is 0. The summed E-state index contributed by atoms with van der Waals surface area (Å²) in [6.45, 7) is 2.31. The fourth-order valence-corrected chi connectivity index (χ4v) is 2.30. The van der Waals surface area contributed by atoms with E-state index in [1.807, 2.05) is 6.07 Å². The normalized spacial score (nSPS) is 16.2. The van der Waals surface area contributed by atoms with Gasteiger partial charge in [0.15, 0.2) is 5.69 Å². The van der Waals surface area contributed by atoms with E-state index in [0.717, 1.165) is 25.9 Å². The minimum absolute atomic E-state index is 0.235. The first-order valence-corrected chi connectivity index (χ1v) is 6.76. The van der Waals surface area contributed by atoms with E-state index in [0.29, 0.717) is 24.0 Å². The van der Waals surface area contributed by atoms with Crippen LogP contribution in [-0.4, -0.2) is 34.0 Å². The Labute approximate surface area is 116 Å². The standard InChI is InChI=1S/C13H17N5O2/c19-13(15-8-11-2-1-7-20-11)12-9-18(17-16-12)10-3-5-14-6-4-10/h1-2,7,9-10,14H,3-6,8H2,(H,15,19). The van der Waals surface area contributed by atoms with Gasteiger partial charge in [-0.25, -0.2) is 4.68 Å². The first kappa shape index (κ1) is 12.9. The van der Waals surface area contributed by atoms with E-state index in [4.69, 9.17) is 4.42 Å². The van der Waals surface area contributed by atoms with Crippen LogP contribution in [0, 0.1) is 0 Å². The fraction of sp³-hybridized carbons (Fsp3) is 0.462. The molecule has 1 aliphatic rings. The number of aromatic nitrogens is 3. The molecule has 2 aromatic heterocycles. The van der Waals surface area contributed by atoms with Gasteiger partial charge in [-0.3, -0.25) is 4.79 Å². The zero-order valence-electron chi connectivity index (χ0n) is 11.1. The van der Waals surface area contributed by atoms with Gasteiger partial charge in [-0.1, -0.05) is 5.21 Å². The second-order valence-electron chi connectivity index (χ2n) is 4.83. The van der Waals surface area contributed by atoms with Gasteiger partial charge in [0.25, 0.3) is 5.91 Å². The van der Waals surface area contributed by atoms with E-state index in [9.17, 15) is 4.79 Å². The Morgan fingerprint density at radius 3 is 3.10 bits per heavy atom. The lowest BCUT2D eigenvalue weighted by Crippen LogP contribution is -2.29. The van der Waals surface area contributed by atoms with Crippen molar-refractivity contribution in [2.75, 3.05) is 13.1 Å². The molecule has 1 saturated heterocycles. The Bertz CT molecular complexity index is 557. The molecule has 0 aromatic carbocycles. The molecule has 3 rings (SSSR count). The molecule has 7 heteroatoms. The molecule has 1 amide bonds. The van der Waals surface area contributed by atoms with Gasteiger partial charge in [0.2, 0.25) is 0 Å². The average molecular weight is 275 g/mol. The number of rotatable bonds is 4. The average Bonchev–Trinajstić information content (AvgIpc) is 3.17. The summed E-state index contributed by atoms with van der Waals surface area (Å²) in [7, 11) is 0. The van der Waals surface area contributed by atoms with Crippen molar-refractivity contribution < 1.29 is 9.21 Å². The van der Waals surface area contributed by atoms with Crippen molar-refractivity contribution in [1.29, 1.82) is 0 Å². The lowest BCUT2D eigenvalue weighted by atomic mass is 10.1. The van der Waals surface area contributed by atoms with Crippen LogP contribution in [0.25, 0.3) is 0 Å². The van der Waals surface area contributed by atoms with Gasteiger partial charge in [0, 0.05) is 0 Å². The van der Waals surface area contributed by atoms with Crippen LogP contribution in [0.5, 0.6) is 0 Å². The van der Waals surface area contributed by atoms with Crippen molar-refractivity contribution in [3.05, 3.63) is 36.0 Å². The van der Waals surface area contributed by atoms with Gasteiger partial charge in [-0.15, -0.1) is 5.10 Å². The number of hydrogen-bond acceptors (Lipinski definition) is 5. The lowest BCUT2D eigenvalue weighted by molar-refractivity contribution is 0.0943. The SMILES string of the molecule is O=C(NCc1ccco1)c1cn(C2CCNCC2)nn1. The number of nitrogens with zero attached hydrogens (tertiary/aromatic N) is 3. The van der Waals surface area contributed by atoms with E-state index >= 15 is 0 Å². The topological polar surface area (TPSA) is 85.0 Å². The third-order valence-electron chi connectivity index (χ3n) is 3.43. The van der Waals surface area contributed by atoms with Crippen molar-refractivity contribution in [1.82, 2.24) is 25.6 Å². The van der Waals surface area contributed by atoms with Gasteiger partial charge in [-0.2, -0.15) is 0 Å². The largest absolute Gasteiger partial charge is 0.467 e. The third-order valence-corrected chi connectivity index (χ3v) is 3.43. The summed E-state index contributed by atoms with van der Waals surface area (Å²) in [6, 6.07) is 3.93. The smallest absolute Gasteiger partial charge is 0.273 e. The van der Waals surface area contributed by atoms with Crippen molar-refractivity contribution in [3.63, 3.8) is 0 Å². The highest BCUT2D eigenvalue weighted by Gasteiger charge is 2.18. The second-order valence-corrected chi connectivity index (χ2v) is 4.83. The Balaban J connectivity index is 1.59. The summed E-state index contributed by atoms with van der Waals surface area (Å²) in [5, 5.41) is 14.1. The van der Waals surface area contributed by atoms with Crippen molar-refractivity contribution >= 4 is 5.91 Å². The van der Waals surface area contributed by atoms with Crippen LogP contribution in [0.2, 0.25) is 0 Å². The van der Waals surface area contributed by atoms with Gasteiger partial charge >= 0.3 is 0 Å². The maximum atomic E-state index is 12.0. The number of carbonyl (C=O) groups excluding carboxylic acids is 1. The number of hydrogen-bond donors (Lipinski definition) is 2. The van der Waals surface area contributed by atoms with Crippen LogP contribution >= 0.6 is 0 Å². The monoisotopic (exact) mass is 275 g/mol. The molecule has 0 saturated carbocycles. The van der Waals surface area contributed by atoms with Crippen LogP contribution in [-0.2, 0) is 6.54 Å². The number of piperidine rings is 1. The van der Waals surface area contributed by atoms with E-state index in [1.54, 1.807) is 23.2 Å². The zero-order valence-corrected chi connectivity index (χ0v) is 11.1. The fourth-order valence-electron chi connectivity index (χ4n) is 2.30. The molecule has 106 valence electrons. The minimum atomic E-state index is -0.235. The van der Waals surface area contributed by atoms with Gasteiger partial charge < -0.3 is 15.1 Å². The summed E-state index contributed by atoms with van der Waals surface area (Å²) in [6.07, 6.45) is 5.32. The van der Waals surface area contributed by atoms with E-state index in [1.165, 1.54) is 0 Å². The van der Waals surface area contributed by atoms with Crippen LogP contribution < -0.4 is 10.6 Å². The van der Waals surface area contributed by atoms with Crippen LogP contribution in [0.15, 0.2) is 29.0 Å². The lowest BCUT2D eigenvalue weighted by Gasteiger charge is -2.22. The molecule has 0 spiro atoms. The Hall–Kier alpha value is -2.15. The molecule has 1 fully saturated rings. The van der Waals surface area contributed by atoms with Crippen LogP contribution in [0.3, 0.4) is 0 Å². The van der Waals surface area contributed by atoms with Gasteiger partial charge in [-0.05, 0) is 38.1 Å². The molecule has 3 heterocycles. The molecule has 7 nitrogen and oxygen atoms in total. The minimum Gasteiger partial charge on any atom is -0.467 e. The Kier molecular flexibility index (Phi) is 3.78. The zero-order chi connectivity index (χ0) is 13.8. The molecular weight excluding hydrogens is 258 g/mol. The highest BCUT2D eigenvalue weighted by molar-refractivity contribution is 5.91. The van der Waals surface area contributed by atoms with E-state index in [-0.39, 0.29) is 5.91 Å². The molecule has 0 unspecified atom stereocenters. The first-order valence-electron chi connectivity index (χ1n) is 6.76. The van der Waals surface area contributed by atoms with E-state index < -0.39 is 0 Å². The molecule has 0 atom stereocenters. The van der Waals surface area contributed by atoms with Crippen LogP contribution in [0.4, 0.5) is 0 Å². The second kappa shape index (κ2) is 5.87. The molecule has 2 N–H and O–H groups in total. The quantitative estimate of drug-likeness (QED) is 0.859. The van der Waals surface area contributed by atoms with Crippen molar-refractivity contribution in [3.8, 4) is 0 Å². The van der Waals surface area contributed by atoms with Gasteiger partial charge in [0.05, 0.1) is 25.0 Å². The summed E-state index contributed by atoms with van der Waals surface area (Å²) in [5.74, 6) is 0.477. The summed E-state index contributed by atoms with van der Waals surface area (Å²) < 4.78 is 6.95.